The zero-order valence-corrected chi connectivity index (χ0v) is 15.0. The molecule has 0 saturated heterocycles. The summed E-state index contributed by atoms with van der Waals surface area (Å²) in [4.78, 5) is 2.43. The van der Waals surface area contributed by atoms with E-state index in [4.69, 9.17) is 0 Å². The van der Waals surface area contributed by atoms with E-state index in [2.05, 4.69) is 87.4 Å². The van der Waals surface area contributed by atoms with Crippen molar-refractivity contribution in [2.75, 3.05) is 25.7 Å². The van der Waals surface area contributed by atoms with Crippen molar-refractivity contribution in [1.29, 1.82) is 0 Å². The number of hydrogen-bond acceptors (Lipinski definition) is 1. The molecule has 3 aromatic carbocycles. The quantitative estimate of drug-likeness (QED) is 0.571. The number of quaternary nitrogens is 1. The van der Waals surface area contributed by atoms with E-state index in [1.165, 1.54) is 38.8 Å². The van der Waals surface area contributed by atoms with Crippen LogP contribution in [-0.4, -0.2) is 20.8 Å². The Morgan fingerprint density at radius 3 is 2.54 bits per heavy atom. The zero-order chi connectivity index (χ0) is 16.9. The summed E-state index contributed by atoms with van der Waals surface area (Å²) >= 11 is 0. The van der Waals surface area contributed by atoms with Crippen molar-refractivity contribution in [1.82, 2.24) is 4.48 Å². The van der Waals surface area contributed by atoms with E-state index in [0.29, 0.717) is 0 Å². The van der Waals surface area contributed by atoms with E-state index in [-0.39, 0.29) is 0 Å². The molecule has 2 nitrogen and oxygen atoms in total. The average molecular weight is 317 g/mol. The minimum atomic E-state index is 0.910. The van der Waals surface area contributed by atoms with E-state index >= 15 is 0 Å². The highest BCUT2D eigenvalue weighted by molar-refractivity contribution is 5.93. The number of benzene rings is 3. The topological polar surface area (TPSA) is 3.24 Å². The highest BCUT2D eigenvalue weighted by Gasteiger charge is 2.35. The van der Waals surface area contributed by atoms with Crippen LogP contribution < -0.4 is 9.38 Å². The van der Waals surface area contributed by atoms with E-state index in [0.717, 1.165) is 17.7 Å². The van der Waals surface area contributed by atoms with Crippen LogP contribution in [0.1, 0.15) is 16.7 Å². The fourth-order valence-electron chi connectivity index (χ4n) is 4.52. The molecule has 1 unspecified atom stereocenters. The van der Waals surface area contributed by atoms with Crippen LogP contribution in [0.2, 0.25) is 0 Å². The van der Waals surface area contributed by atoms with E-state index in [9.17, 15) is 0 Å². The molecule has 3 aromatic rings. The molecule has 0 fully saturated rings. The van der Waals surface area contributed by atoms with Crippen LogP contribution in [0.3, 0.4) is 0 Å². The third kappa shape index (κ3) is 2.30. The van der Waals surface area contributed by atoms with Crippen LogP contribution in [0, 0.1) is 13.8 Å². The first kappa shape index (κ1) is 15.2. The van der Waals surface area contributed by atoms with Crippen molar-refractivity contribution in [3.63, 3.8) is 0 Å². The van der Waals surface area contributed by atoms with Gasteiger partial charge in [0.1, 0.15) is 12.2 Å². The Bertz CT molecular complexity index is 923. The molecule has 0 amide bonds. The van der Waals surface area contributed by atoms with Gasteiger partial charge in [-0.05, 0) is 43.0 Å². The predicted octanol–water partition coefficient (Wildman–Crippen LogP) is 5.00. The molecule has 1 aliphatic heterocycles. The van der Waals surface area contributed by atoms with Gasteiger partial charge >= 0.3 is 0 Å². The summed E-state index contributed by atoms with van der Waals surface area (Å²) in [6, 6.07) is 20.1. The lowest BCUT2D eigenvalue weighted by Crippen LogP contribution is -2.54. The molecule has 4 rings (SSSR count). The Kier molecular flexibility index (Phi) is 3.40. The second-order valence-electron chi connectivity index (χ2n) is 7.48. The van der Waals surface area contributed by atoms with Gasteiger partial charge in [0.15, 0.2) is 6.67 Å². The summed E-state index contributed by atoms with van der Waals surface area (Å²) in [7, 11) is 4.58. The SMILES string of the molecule is Cc1cc(C)c2c(c1)C[N+](C)(c1cccc3ccccc13)CN2C. The maximum Gasteiger partial charge on any atom is 0.159 e. The monoisotopic (exact) mass is 317 g/mol. The Labute approximate surface area is 144 Å². The molecule has 0 N–H and O–H groups in total. The summed E-state index contributed by atoms with van der Waals surface area (Å²) in [5, 5.41) is 2.69. The maximum atomic E-state index is 2.43. The molecule has 0 saturated carbocycles. The van der Waals surface area contributed by atoms with Crippen molar-refractivity contribution >= 4 is 22.1 Å². The van der Waals surface area contributed by atoms with Gasteiger partial charge in [0.05, 0.1) is 12.7 Å². The number of fused-ring (bicyclic) bond motifs is 2. The third-order valence-electron chi connectivity index (χ3n) is 5.30. The van der Waals surface area contributed by atoms with Crippen LogP contribution in [0.4, 0.5) is 11.4 Å². The number of hydrogen-bond donors (Lipinski definition) is 0. The minimum Gasteiger partial charge on any atom is -0.327 e. The smallest absolute Gasteiger partial charge is 0.159 e. The molecule has 2 heteroatoms. The van der Waals surface area contributed by atoms with Crippen molar-refractivity contribution in [3.05, 3.63) is 71.3 Å². The van der Waals surface area contributed by atoms with Crippen LogP contribution in [0.5, 0.6) is 0 Å². The normalized spacial score (nSPS) is 20.2. The second-order valence-corrected chi connectivity index (χ2v) is 7.48. The van der Waals surface area contributed by atoms with Crippen LogP contribution in [0.15, 0.2) is 54.6 Å². The highest BCUT2D eigenvalue weighted by Crippen LogP contribution is 2.39. The van der Waals surface area contributed by atoms with Crippen LogP contribution in [0.25, 0.3) is 10.8 Å². The third-order valence-corrected chi connectivity index (χ3v) is 5.30. The molecule has 0 radical (unpaired) electrons. The first-order valence-electron chi connectivity index (χ1n) is 8.62. The van der Waals surface area contributed by atoms with Gasteiger partial charge in [0, 0.05) is 18.0 Å². The molecule has 122 valence electrons. The van der Waals surface area contributed by atoms with Crippen LogP contribution >= 0.6 is 0 Å². The van der Waals surface area contributed by atoms with Gasteiger partial charge in [-0.3, -0.25) is 4.48 Å². The lowest BCUT2D eigenvalue weighted by atomic mass is 9.98. The molecular weight excluding hydrogens is 292 g/mol. The number of anilines is 1. The lowest BCUT2D eigenvalue weighted by Gasteiger charge is -2.44. The number of nitrogens with zero attached hydrogens (tertiary/aromatic N) is 2. The molecule has 1 atom stereocenters. The molecule has 0 bridgehead atoms. The second kappa shape index (κ2) is 5.35. The van der Waals surface area contributed by atoms with Crippen molar-refractivity contribution in [2.24, 2.45) is 0 Å². The van der Waals surface area contributed by atoms with Gasteiger partial charge < -0.3 is 4.90 Å². The summed E-state index contributed by atoms with van der Waals surface area (Å²) in [6.45, 7) is 6.46. The Morgan fingerprint density at radius 2 is 1.71 bits per heavy atom. The predicted molar refractivity (Wildman–Crippen MR) is 105 cm³/mol. The fraction of sp³-hybridized carbons (Fsp3) is 0.273. The number of aryl methyl sites for hydroxylation is 2. The molecule has 1 aliphatic rings. The average Bonchev–Trinajstić information content (AvgIpc) is 2.53. The van der Waals surface area contributed by atoms with Gasteiger partial charge in [0.25, 0.3) is 0 Å². The standard InChI is InChI=1S/C22H25N2/c1-16-12-17(2)22-19(13-16)14-24(4,15-23(22)3)21-11-7-9-18-8-5-6-10-20(18)21/h5-13H,14-15H2,1-4H3/q+1. The number of rotatable bonds is 1. The first-order chi connectivity index (χ1) is 11.5. The van der Waals surface area contributed by atoms with Crippen LogP contribution in [-0.2, 0) is 6.54 Å². The molecular formula is C22H25N2+. The maximum absolute atomic E-state index is 2.43. The largest absolute Gasteiger partial charge is 0.327 e. The summed E-state index contributed by atoms with van der Waals surface area (Å²) < 4.78 is 0.910. The molecule has 1 heterocycles. The Balaban J connectivity index is 1.89. The van der Waals surface area contributed by atoms with Gasteiger partial charge in [-0.15, -0.1) is 0 Å². The molecule has 24 heavy (non-hydrogen) atoms. The summed E-state index contributed by atoms with van der Waals surface area (Å²) in [6.07, 6.45) is 0. The van der Waals surface area contributed by atoms with Gasteiger partial charge in [-0.2, -0.15) is 0 Å². The fourth-order valence-corrected chi connectivity index (χ4v) is 4.52. The minimum absolute atomic E-state index is 0.910. The molecule has 0 spiro atoms. The van der Waals surface area contributed by atoms with Gasteiger partial charge in [-0.25, -0.2) is 0 Å². The van der Waals surface area contributed by atoms with E-state index < -0.39 is 0 Å². The zero-order valence-electron chi connectivity index (χ0n) is 15.0. The van der Waals surface area contributed by atoms with Crippen molar-refractivity contribution in [3.8, 4) is 0 Å². The van der Waals surface area contributed by atoms with Gasteiger partial charge in [-0.1, -0.05) is 42.0 Å². The molecule has 0 aliphatic carbocycles. The Hall–Kier alpha value is -2.32. The van der Waals surface area contributed by atoms with E-state index in [1.807, 2.05) is 0 Å². The first-order valence-corrected chi connectivity index (χ1v) is 8.62. The van der Waals surface area contributed by atoms with E-state index in [1.54, 1.807) is 0 Å². The lowest BCUT2D eigenvalue weighted by molar-refractivity contribution is 0.313. The summed E-state index contributed by atoms with van der Waals surface area (Å²) in [5.41, 5.74) is 7.01. The molecule has 0 aromatic heterocycles. The van der Waals surface area contributed by atoms with Gasteiger partial charge in [0.2, 0.25) is 0 Å². The highest BCUT2D eigenvalue weighted by atomic mass is 15.4. The summed E-state index contributed by atoms with van der Waals surface area (Å²) in [5.74, 6) is 0. The Morgan fingerprint density at radius 1 is 0.958 bits per heavy atom. The van der Waals surface area contributed by atoms with Crippen molar-refractivity contribution < 1.29 is 0 Å². The van der Waals surface area contributed by atoms with Crippen molar-refractivity contribution in [2.45, 2.75) is 20.4 Å².